The average molecular weight is 345 g/mol. The van der Waals surface area contributed by atoms with Crippen LogP contribution in [0.15, 0.2) is 42.6 Å². The van der Waals surface area contributed by atoms with Gasteiger partial charge in [0.15, 0.2) is 0 Å². The monoisotopic (exact) mass is 344 g/mol. The molecule has 0 amide bonds. The van der Waals surface area contributed by atoms with Gasteiger partial charge in [0.25, 0.3) is 0 Å². The van der Waals surface area contributed by atoms with Crippen molar-refractivity contribution >= 4 is 22.5 Å². The van der Waals surface area contributed by atoms with Gasteiger partial charge in [0.2, 0.25) is 0 Å². The van der Waals surface area contributed by atoms with E-state index >= 15 is 0 Å². The third-order valence-corrected chi connectivity index (χ3v) is 4.55. The molecule has 2 N–H and O–H groups in total. The van der Waals surface area contributed by atoms with E-state index in [1.807, 2.05) is 37.4 Å². The summed E-state index contributed by atoms with van der Waals surface area (Å²) in [5, 5.41) is 1.42. The highest BCUT2D eigenvalue weighted by atomic mass is 35.5. The molecule has 3 rings (SSSR count). The van der Waals surface area contributed by atoms with E-state index < -0.39 is 0 Å². The second kappa shape index (κ2) is 6.58. The zero-order chi connectivity index (χ0) is 17.4. The molecule has 1 atom stereocenters. The first-order chi connectivity index (χ1) is 11.4. The molecule has 1 aromatic heterocycles. The molecule has 1 heterocycles. The minimum Gasteiger partial charge on any atom is -0.347 e. The van der Waals surface area contributed by atoms with E-state index in [1.165, 1.54) is 0 Å². The van der Waals surface area contributed by atoms with Crippen LogP contribution in [0.5, 0.6) is 0 Å². The highest BCUT2D eigenvalue weighted by molar-refractivity contribution is 6.33. The van der Waals surface area contributed by atoms with Gasteiger partial charge in [-0.3, -0.25) is 0 Å². The van der Waals surface area contributed by atoms with Crippen molar-refractivity contribution < 1.29 is 4.39 Å². The second-order valence-electron chi connectivity index (χ2n) is 6.75. The van der Waals surface area contributed by atoms with Crippen molar-refractivity contribution in [3.05, 3.63) is 59.0 Å². The summed E-state index contributed by atoms with van der Waals surface area (Å²) in [5.41, 5.74) is 9.28. The molecule has 0 aliphatic carbocycles. The van der Waals surface area contributed by atoms with Crippen LogP contribution in [0.3, 0.4) is 0 Å². The fraction of sp³-hybridized carbons (Fsp3) is 0.300. The van der Waals surface area contributed by atoms with Crippen LogP contribution < -0.4 is 5.73 Å². The molecule has 0 saturated carbocycles. The van der Waals surface area contributed by atoms with E-state index in [0.717, 1.165) is 23.0 Å². The van der Waals surface area contributed by atoms with Crippen LogP contribution in [0, 0.1) is 11.7 Å². The molecule has 0 fully saturated rings. The van der Waals surface area contributed by atoms with Gasteiger partial charge in [-0.1, -0.05) is 43.6 Å². The minimum atomic E-state index is -0.278. The maximum atomic E-state index is 14.8. The largest absolute Gasteiger partial charge is 0.347 e. The van der Waals surface area contributed by atoms with Gasteiger partial charge >= 0.3 is 0 Å². The summed E-state index contributed by atoms with van der Waals surface area (Å²) in [7, 11) is 0. The Balaban J connectivity index is 2.27. The van der Waals surface area contributed by atoms with Crippen molar-refractivity contribution in [2.24, 2.45) is 11.7 Å². The summed E-state index contributed by atoms with van der Waals surface area (Å²) >= 11 is 6.27. The fourth-order valence-corrected chi connectivity index (χ4v) is 3.37. The van der Waals surface area contributed by atoms with Crippen LogP contribution in [0.25, 0.3) is 22.0 Å². The lowest BCUT2D eigenvalue weighted by atomic mass is 10.0. The Morgan fingerprint density at radius 3 is 2.46 bits per heavy atom. The van der Waals surface area contributed by atoms with Crippen LogP contribution >= 0.6 is 11.6 Å². The number of benzene rings is 2. The molecule has 4 heteroatoms. The summed E-state index contributed by atoms with van der Waals surface area (Å²) in [5.74, 6) is 0.204. The smallest absolute Gasteiger partial charge is 0.131 e. The number of rotatable bonds is 4. The van der Waals surface area contributed by atoms with Crippen LogP contribution in [-0.4, -0.2) is 4.57 Å². The highest BCUT2D eigenvalue weighted by Crippen LogP contribution is 2.35. The van der Waals surface area contributed by atoms with Gasteiger partial charge in [-0.25, -0.2) is 4.39 Å². The summed E-state index contributed by atoms with van der Waals surface area (Å²) < 4.78 is 17.0. The first-order valence-corrected chi connectivity index (χ1v) is 8.59. The zero-order valence-corrected chi connectivity index (χ0v) is 14.9. The molecule has 126 valence electrons. The molecule has 0 bridgehead atoms. The first kappa shape index (κ1) is 17.0. The van der Waals surface area contributed by atoms with Gasteiger partial charge in [-0.05, 0) is 36.6 Å². The summed E-state index contributed by atoms with van der Waals surface area (Å²) in [4.78, 5) is 0. The molecule has 24 heavy (non-hydrogen) atoms. The van der Waals surface area contributed by atoms with Crippen molar-refractivity contribution in [3.63, 3.8) is 0 Å². The van der Waals surface area contributed by atoms with Gasteiger partial charge in [0.1, 0.15) is 5.82 Å². The van der Waals surface area contributed by atoms with Gasteiger partial charge < -0.3 is 10.3 Å². The lowest BCUT2D eigenvalue weighted by Crippen LogP contribution is -2.05. The van der Waals surface area contributed by atoms with Crippen molar-refractivity contribution in [1.29, 1.82) is 0 Å². The SMILES string of the molecule is CC(C)Cn1cc([C@@H](C)N)c2cc(F)c(-c3ccccc3Cl)cc21. The molecule has 2 aromatic carbocycles. The topological polar surface area (TPSA) is 30.9 Å². The normalized spacial score (nSPS) is 13.0. The van der Waals surface area contributed by atoms with Gasteiger partial charge in [-0.2, -0.15) is 0 Å². The standard InChI is InChI=1S/C20H22ClFN2/c1-12(2)10-24-11-17(13(3)23)16-8-19(22)15(9-20(16)24)14-6-4-5-7-18(14)21/h4-9,11-13H,10,23H2,1-3H3/t13-/m1/s1. The van der Waals surface area contributed by atoms with Gasteiger partial charge in [-0.15, -0.1) is 0 Å². The van der Waals surface area contributed by atoms with Crippen LogP contribution in [0.2, 0.25) is 5.02 Å². The summed E-state index contributed by atoms with van der Waals surface area (Å²) in [6.07, 6.45) is 2.05. The first-order valence-electron chi connectivity index (χ1n) is 8.21. The van der Waals surface area contributed by atoms with Crippen molar-refractivity contribution in [1.82, 2.24) is 4.57 Å². The number of fused-ring (bicyclic) bond motifs is 1. The minimum absolute atomic E-state index is 0.147. The predicted octanol–water partition coefficient (Wildman–Crippen LogP) is 5.78. The van der Waals surface area contributed by atoms with E-state index in [0.29, 0.717) is 22.1 Å². The number of hydrogen-bond donors (Lipinski definition) is 1. The molecule has 2 nitrogen and oxygen atoms in total. The third kappa shape index (κ3) is 3.06. The molecule has 0 saturated heterocycles. The Morgan fingerprint density at radius 1 is 1.12 bits per heavy atom. The van der Waals surface area contributed by atoms with E-state index in [9.17, 15) is 4.39 Å². The van der Waals surface area contributed by atoms with Crippen molar-refractivity contribution in [2.45, 2.75) is 33.4 Å². The molecular formula is C20H22ClFN2. The number of halogens is 2. The predicted molar refractivity (Wildman–Crippen MR) is 99.8 cm³/mol. The Kier molecular flexibility index (Phi) is 4.66. The summed E-state index contributed by atoms with van der Waals surface area (Å²) in [6.45, 7) is 7.11. The summed E-state index contributed by atoms with van der Waals surface area (Å²) in [6, 6.07) is 10.7. The van der Waals surface area contributed by atoms with Gasteiger partial charge in [0, 0.05) is 45.8 Å². The second-order valence-corrected chi connectivity index (χ2v) is 7.16. The van der Waals surface area contributed by atoms with Crippen molar-refractivity contribution in [3.8, 4) is 11.1 Å². The quantitative estimate of drug-likeness (QED) is 0.639. The lowest BCUT2D eigenvalue weighted by Gasteiger charge is -2.11. The molecule has 0 aliphatic heterocycles. The van der Waals surface area contributed by atoms with Crippen LogP contribution in [0.1, 0.15) is 32.4 Å². The lowest BCUT2D eigenvalue weighted by molar-refractivity contribution is 0.533. The number of nitrogens with two attached hydrogens (primary N) is 1. The third-order valence-electron chi connectivity index (χ3n) is 4.22. The maximum Gasteiger partial charge on any atom is 0.131 e. The number of nitrogens with zero attached hydrogens (tertiary/aromatic N) is 1. The van der Waals surface area contributed by atoms with Gasteiger partial charge in [0.05, 0.1) is 0 Å². The van der Waals surface area contributed by atoms with Crippen LogP contribution in [0.4, 0.5) is 4.39 Å². The number of hydrogen-bond acceptors (Lipinski definition) is 1. The molecule has 0 radical (unpaired) electrons. The Morgan fingerprint density at radius 2 is 1.83 bits per heavy atom. The molecular weight excluding hydrogens is 323 g/mol. The molecule has 0 unspecified atom stereocenters. The number of aromatic nitrogens is 1. The van der Waals surface area contributed by atoms with E-state index in [2.05, 4.69) is 18.4 Å². The zero-order valence-electron chi connectivity index (χ0n) is 14.2. The Labute approximate surface area is 147 Å². The van der Waals surface area contributed by atoms with E-state index in [-0.39, 0.29) is 11.9 Å². The maximum absolute atomic E-state index is 14.8. The molecule has 3 aromatic rings. The van der Waals surface area contributed by atoms with Crippen molar-refractivity contribution in [2.75, 3.05) is 0 Å². The van der Waals surface area contributed by atoms with Crippen LogP contribution in [-0.2, 0) is 6.54 Å². The Hall–Kier alpha value is -1.84. The molecule has 0 aliphatic rings. The fourth-order valence-electron chi connectivity index (χ4n) is 3.13. The molecule has 0 spiro atoms. The Bertz CT molecular complexity index is 881. The average Bonchev–Trinajstić information content (AvgIpc) is 2.84. The highest BCUT2D eigenvalue weighted by Gasteiger charge is 2.17. The van der Waals surface area contributed by atoms with E-state index in [4.69, 9.17) is 17.3 Å². The van der Waals surface area contributed by atoms with E-state index in [1.54, 1.807) is 12.1 Å².